The van der Waals surface area contributed by atoms with Gasteiger partial charge >= 0.3 is 5.97 Å². The lowest BCUT2D eigenvalue weighted by Crippen LogP contribution is -2.49. The first-order valence-corrected chi connectivity index (χ1v) is 9.22. The molecule has 1 saturated heterocycles. The van der Waals surface area contributed by atoms with Crippen LogP contribution in [-0.2, 0) is 16.0 Å². The lowest BCUT2D eigenvalue weighted by atomic mass is 10.1. The first-order valence-electron chi connectivity index (χ1n) is 9.22. The number of rotatable bonds is 6. The molecule has 1 amide bonds. The van der Waals surface area contributed by atoms with E-state index in [-0.39, 0.29) is 11.9 Å². The minimum atomic E-state index is -0.361. The van der Waals surface area contributed by atoms with Crippen LogP contribution in [0.2, 0.25) is 0 Å². The maximum Gasteiger partial charge on any atom is 0.339 e. The molecule has 3 rings (SSSR count). The fourth-order valence-electron chi connectivity index (χ4n) is 3.05. The van der Waals surface area contributed by atoms with Crippen molar-refractivity contribution < 1.29 is 14.3 Å². The molecule has 1 aliphatic heterocycles. The third-order valence-electron chi connectivity index (χ3n) is 4.57. The van der Waals surface area contributed by atoms with Gasteiger partial charge in [-0.15, -0.1) is 0 Å². The lowest BCUT2D eigenvalue weighted by Gasteiger charge is -2.35. The highest BCUT2D eigenvalue weighted by Crippen LogP contribution is 2.15. The van der Waals surface area contributed by atoms with Gasteiger partial charge in [-0.1, -0.05) is 6.07 Å². The van der Waals surface area contributed by atoms with Gasteiger partial charge in [0.05, 0.1) is 12.2 Å². The van der Waals surface area contributed by atoms with E-state index in [1.807, 2.05) is 23.1 Å². The number of amides is 1. The van der Waals surface area contributed by atoms with Gasteiger partial charge in [0.2, 0.25) is 5.91 Å². The van der Waals surface area contributed by atoms with Crippen molar-refractivity contribution in [2.24, 2.45) is 0 Å². The molecular weight excluding hydrogens is 344 g/mol. The molecule has 0 atom stereocenters. The zero-order chi connectivity index (χ0) is 19.1. The fourth-order valence-corrected chi connectivity index (χ4v) is 3.05. The number of esters is 1. The highest BCUT2D eigenvalue weighted by molar-refractivity contribution is 5.89. The van der Waals surface area contributed by atoms with Crippen LogP contribution in [-0.4, -0.2) is 59.5 Å². The number of ether oxygens (including phenoxy) is 1. The molecule has 27 heavy (non-hydrogen) atoms. The van der Waals surface area contributed by atoms with E-state index < -0.39 is 0 Å². The number of carbonyl (C=O) groups excluding carboxylic acids is 2. The zero-order valence-corrected chi connectivity index (χ0v) is 15.5. The molecule has 0 spiro atoms. The van der Waals surface area contributed by atoms with E-state index >= 15 is 0 Å². The van der Waals surface area contributed by atoms with Crippen LogP contribution in [0.5, 0.6) is 0 Å². The van der Waals surface area contributed by atoms with Crippen LogP contribution in [0.25, 0.3) is 0 Å². The van der Waals surface area contributed by atoms with Crippen LogP contribution in [0.15, 0.2) is 42.9 Å². The summed E-state index contributed by atoms with van der Waals surface area (Å²) in [6.07, 6.45) is 6.29. The van der Waals surface area contributed by atoms with Crippen molar-refractivity contribution in [1.82, 2.24) is 14.9 Å². The summed E-state index contributed by atoms with van der Waals surface area (Å²) in [4.78, 5) is 36.6. The average molecular weight is 368 g/mol. The van der Waals surface area contributed by atoms with Crippen molar-refractivity contribution in [1.29, 1.82) is 0 Å². The molecule has 0 aromatic carbocycles. The van der Waals surface area contributed by atoms with Crippen LogP contribution >= 0.6 is 0 Å². The predicted molar refractivity (Wildman–Crippen MR) is 102 cm³/mol. The summed E-state index contributed by atoms with van der Waals surface area (Å²) in [7, 11) is 0. The maximum absolute atomic E-state index is 12.4. The quantitative estimate of drug-likeness (QED) is 0.726. The van der Waals surface area contributed by atoms with E-state index in [4.69, 9.17) is 4.74 Å². The van der Waals surface area contributed by atoms with Gasteiger partial charge in [0.15, 0.2) is 0 Å². The minimum absolute atomic E-state index is 0.170. The Balaban J connectivity index is 1.48. The molecule has 7 heteroatoms. The van der Waals surface area contributed by atoms with E-state index in [2.05, 4.69) is 14.9 Å². The van der Waals surface area contributed by atoms with E-state index in [0.29, 0.717) is 38.1 Å². The molecule has 0 N–H and O–H groups in total. The number of hydrogen-bond acceptors (Lipinski definition) is 6. The van der Waals surface area contributed by atoms with E-state index in [0.717, 1.165) is 24.5 Å². The molecule has 0 radical (unpaired) electrons. The second-order valence-corrected chi connectivity index (χ2v) is 6.35. The Bertz CT molecular complexity index is 757. The molecule has 142 valence electrons. The van der Waals surface area contributed by atoms with Crippen LogP contribution in [0, 0.1) is 0 Å². The summed E-state index contributed by atoms with van der Waals surface area (Å²) in [6.45, 7) is 4.92. The number of anilines is 1. The van der Waals surface area contributed by atoms with Crippen LogP contribution in [0.1, 0.15) is 29.3 Å². The van der Waals surface area contributed by atoms with Crippen LogP contribution < -0.4 is 4.90 Å². The number of aromatic nitrogens is 2. The first-order chi connectivity index (χ1) is 13.2. The normalized spacial score (nSPS) is 14.1. The summed E-state index contributed by atoms with van der Waals surface area (Å²) in [5.41, 5.74) is 1.53. The molecule has 0 unspecified atom stereocenters. The number of piperazine rings is 1. The third-order valence-corrected chi connectivity index (χ3v) is 4.57. The van der Waals surface area contributed by atoms with Gasteiger partial charge < -0.3 is 14.5 Å². The Morgan fingerprint density at radius 1 is 1.11 bits per heavy atom. The second-order valence-electron chi connectivity index (χ2n) is 6.35. The van der Waals surface area contributed by atoms with Crippen molar-refractivity contribution in [3.63, 3.8) is 0 Å². The molecular formula is C20H24N4O3. The van der Waals surface area contributed by atoms with Crippen molar-refractivity contribution in [3.05, 3.63) is 54.0 Å². The number of nitrogens with zero attached hydrogens (tertiary/aromatic N) is 4. The Morgan fingerprint density at radius 3 is 2.56 bits per heavy atom. The number of carbonyl (C=O) groups is 2. The van der Waals surface area contributed by atoms with Gasteiger partial charge in [0, 0.05) is 51.2 Å². The lowest BCUT2D eigenvalue weighted by molar-refractivity contribution is -0.131. The number of pyridine rings is 2. The largest absolute Gasteiger partial charge is 0.462 e. The van der Waals surface area contributed by atoms with Gasteiger partial charge in [-0.3, -0.25) is 9.78 Å². The minimum Gasteiger partial charge on any atom is -0.462 e. The van der Waals surface area contributed by atoms with Crippen molar-refractivity contribution in [3.8, 4) is 0 Å². The molecule has 1 aliphatic rings. The third kappa shape index (κ3) is 5.03. The molecule has 0 saturated carbocycles. The van der Waals surface area contributed by atoms with Crippen LogP contribution in [0.3, 0.4) is 0 Å². The van der Waals surface area contributed by atoms with Gasteiger partial charge in [0.1, 0.15) is 5.82 Å². The summed E-state index contributed by atoms with van der Waals surface area (Å²) in [5, 5.41) is 0. The van der Waals surface area contributed by atoms with E-state index in [1.165, 1.54) is 0 Å². The molecule has 0 aliphatic carbocycles. The van der Waals surface area contributed by atoms with Gasteiger partial charge in [-0.25, -0.2) is 9.78 Å². The smallest absolute Gasteiger partial charge is 0.339 e. The summed E-state index contributed by atoms with van der Waals surface area (Å²) in [6, 6.07) is 7.43. The molecule has 1 fully saturated rings. The fraction of sp³-hybridized carbons (Fsp3) is 0.400. The Morgan fingerprint density at radius 2 is 1.93 bits per heavy atom. The molecule has 2 aromatic heterocycles. The average Bonchev–Trinajstić information content (AvgIpc) is 2.73. The van der Waals surface area contributed by atoms with Gasteiger partial charge in [-0.05, 0) is 37.1 Å². The van der Waals surface area contributed by atoms with Crippen molar-refractivity contribution >= 4 is 17.7 Å². The predicted octanol–water partition coefficient (Wildman–Crippen LogP) is 1.93. The van der Waals surface area contributed by atoms with E-state index in [1.54, 1.807) is 31.6 Å². The second kappa shape index (κ2) is 9.12. The first kappa shape index (κ1) is 18.8. The highest BCUT2D eigenvalue weighted by atomic mass is 16.5. The Hall–Kier alpha value is -2.96. The SMILES string of the molecule is CCOC(=O)c1ccc(N2CCN(C(=O)CCc3cccnc3)CC2)nc1. The standard InChI is InChI=1S/C20H24N4O3/c1-2-27-20(26)17-6-7-18(22-15-17)23-10-12-24(13-11-23)19(25)8-5-16-4-3-9-21-14-16/h3-4,6-7,9,14-15H,2,5,8,10-13H2,1H3. The molecule has 0 bridgehead atoms. The zero-order valence-electron chi connectivity index (χ0n) is 15.5. The topological polar surface area (TPSA) is 75.6 Å². The monoisotopic (exact) mass is 368 g/mol. The van der Waals surface area contributed by atoms with Crippen LogP contribution in [0.4, 0.5) is 5.82 Å². The number of aryl methyl sites for hydroxylation is 1. The highest BCUT2D eigenvalue weighted by Gasteiger charge is 2.22. The Kier molecular flexibility index (Phi) is 6.35. The van der Waals surface area contributed by atoms with Gasteiger partial charge in [-0.2, -0.15) is 0 Å². The van der Waals surface area contributed by atoms with Crippen molar-refractivity contribution in [2.45, 2.75) is 19.8 Å². The molecule has 3 heterocycles. The summed E-state index contributed by atoms with van der Waals surface area (Å²) < 4.78 is 4.97. The molecule has 7 nitrogen and oxygen atoms in total. The van der Waals surface area contributed by atoms with Gasteiger partial charge in [0.25, 0.3) is 0 Å². The van der Waals surface area contributed by atoms with E-state index in [9.17, 15) is 9.59 Å². The number of hydrogen-bond donors (Lipinski definition) is 0. The summed E-state index contributed by atoms with van der Waals surface area (Å²) in [5.74, 6) is 0.621. The Labute approximate surface area is 159 Å². The van der Waals surface area contributed by atoms with Crippen molar-refractivity contribution in [2.75, 3.05) is 37.7 Å². The maximum atomic E-state index is 12.4. The summed E-state index contributed by atoms with van der Waals surface area (Å²) >= 11 is 0. The molecule has 2 aromatic rings.